The summed E-state index contributed by atoms with van der Waals surface area (Å²) in [6.45, 7) is 11.4. The number of rotatable bonds is 11. The Balaban J connectivity index is 2.81. The normalized spacial score (nSPS) is 22.2. The van der Waals surface area contributed by atoms with E-state index in [4.69, 9.17) is 4.84 Å². The summed E-state index contributed by atoms with van der Waals surface area (Å²) in [5.74, 6) is 0.587. The van der Waals surface area contributed by atoms with E-state index >= 15 is 0 Å². The molecule has 0 saturated carbocycles. The van der Waals surface area contributed by atoms with Crippen molar-refractivity contribution in [3.05, 3.63) is 0 Å². The average Bonchev–Trinajstić information content (AvgIpc) is 2.80. The predicted octanol–water partition coefficient (Wildman–Crippen LogP) is 5.82. The summed E-state index contributed by atoms with van der Waals surface area (Å²) < 4.78 is 0. The topological polar surface area (TPSA) is 21.6 Å². The Kier molecular flexibility index (Phi) is 8.86. The van der Waals surface area contributed by atoms with Gasteiger partial charge in [0.1, 0.15) is 6.10 Å². The molecule has 1 heterocycles. The van der Waals surface area contributed by atoms with Gasteiger partial charge in [0.15, 0.2) is 0 Å². The lowest BCUT2D eigenvalue weighted by Crippen LogP contribution is -2.27. The Labute approximate surface area is 133 Å². The zero-order chi connectivity index (χ0) is 15.7. The van der Waals surface area contributed by atoms with E-state index in [0.717, 1.165) is 0 Å². The van der Waals surface area contributed by atoms with E-state index in [2.05, 4.69) is 39.8 Å². The summed E-state index contributed by atoms with van der Waals surface area (Å²) in [5.41, 5.74) is 1.25. The second kappa shape index (κ2) is 9.82. The Morgan fingerprint density at radius 2 is 1.43 bits per heavy atom. The number of nitrogens with zero attached hydrogens (tertiary/aromatic N) is 1. The quantitative estimate of drug-likeness (QED) is 0.441. The highest BCUT2D eigenvalue weighted by atomic mass is 31.2. The van der Waals surface area contributed by atoms with Crippen molar-refractivity contribution in [2.24, 2.45) is 11.1 Å². The van der Waals surface area contributed by atoms with Crippen LogP contribution in [0.5, 0.6) is 0 Å². The molecule has 0 saturated heterocycles. The Bertz CT molecular complexity index is 295. The number of unbranched alkanes of at least 4 members (excludes halogenated alkanes) is 3. The minimum absolute atomic E-state index is 0.300. The van der Waals surface area contributed by atoms with Gasteiger partial charge in [-0.2, -0.15) is 0 Å². The Hall–Kier alpha value is -0.100. The molecule has 0 bridgehead atoms. The molecule has 0 aromatic rings. The summed E-state index contributed by atoms with van der Waals surface area (Å²) in [4.78, 5) is 5.54. The molecule has 2 atom stereocenters. The van der Waals surface area contributed by atoms with Crippen molar-refractivity contribution in [1.82, 2.24) is 0 Å². The number of hydrogen-bond donors (Lipinski definition) is 0. The molecule has 0 aromatic heterocycles. The van der Waals surface area contributed by atoms with Crippen LogP contribution < -0.4 is 0 Å². The lowest BCUT2D eigenvalue weighted by Gasteiger charge is -2.31. The van der Waals surface area contributed by atoms with Crippen molar-refractivity contribution in [2.75, 3.05) is 24.6 Å². The summed E-state index contributed by atoms with van der Waals surface area (Å²) >= 11 is 0. The zero-order valence-corrected chi connectivity index (χ0v) is 15.9. The molecule has 3 heteroatoms. The molecular weight excluding hydrogens is 277 g/mol. The molecule has 0 N–H and O–H groups in total. The van der Waals surface area contributed by atoms with Crippen LogP contribution in [0.15, 0.2) is 5.16 Å². The van der Waals surface area contributed by atoms with Crippen LogP contribution in [0.25, 0.3) is 0 Å². The molecular formula is C18H37NOP+. The highest BCUT2D eigenvalue weighted by molar-refractivity contribution is 7.75. The van der Waals surface area contributed by atoms with Crippen LogP contribution in [0, 0.1) is 5.92 Å². The van der Waals surface area contributed by atoms with E-state index in [1.807, 2.05) is 0 Å². The van der Waals surface area contributed by atoms with Gasteiger partial charge in [-0.15, -0.1) is 0 Å². The number of oxime groups is 1. The maximum Gasteiger partial charge on any atom is 0.136 e. The summed E-state index contributed by atoms with van der Waals surface area (Å²) in [5, 5.41) is 4.26. The van der Waals surface area contributed by atoms with Crippen LogP contribution >= 0.6 is 7.26 Å². The fourth-order valence-corrected chi connectivity index (χ4v) is 9.01. The van der Waals surface area contributed by atoms with E-state index in [1.54, 1.807) is 0 Å². The monoisotopic (exact) mass is 314 g/mol. The van der Waals surface area contributed by atoms with E-state index in [-0.39, 0.29) is 0 Å². The van der Waals surface area contributed by atoms with Gasteiger partial charge in [0.05, 0.1) is 36.3 Å². The molecule has 124 valence electrons. The van der Waals surface area contributed by atoms with Gasteiger partial charge in [-0.3, -0.25) is 0 Å². The smallest absolute Gasteiger partial charge is 0.136 e. The minimum atomic E-state index is -0.830. The van der Waals surface area contributed by atoms with Crippen LogP contribution in [0.4, 0.5) is 0 Å². The van der Waals surface area contributed by atoms with Crippen LogP contribution in [0.2, 0.25) is 0 Å². The first-order valence-corrected chi connectivity index (χ1v) is 11.7. The van der Waals surface area contributed by atoms with Crippen molar-refractivity contribution < 1.29 is 4.84 Å². The van der Waals surface area contributed by atoms with Crippen LogP contribution in [-0.4, -0.2) is 36.5 Å². The SMILES string of the molecule is CCCC[P+](CCCC)(CCCC)CC1C(C)=NOC1C. The molecule has 1 aliphatic rings. The van der Waals surface area contributed by atoms with E-state index < -0.39 is 7.26 Å². The second-order valence-electron chi connectivity index (χ2n) is 6.91. The Morgan fingerprint density at radius 1 is 0.952 bits per heavy atom. The molecule has 1 aliphatic heterocycles. The highest BCUT2D eigenvalue weighted by Crippen LogP contribution is 2.62. The largest absolute Gasteiger partial charge is 0.392 e. The van der Waals surface area contributed by atoms with Gasteiger partial charge in [0, 0.05) is 7.26 Å². The highest BCUT2D eigenvalue weighted by Gasteiger charge is 2.42. The minimum Gasteiger partial charge on any atom is -0.392 e. The standard InChI is InChI=1S/C18H37NOP/c1-6-9-12-21(13-10-7-2,14-11-8-3)15-18-16(4)19-20-17(18)5/h17-18H,6-15H2,1-5H3/q+1. The van der Waals surface area contributed by atoms with Crippen molar-refractivity contribution in [2.45, 2.75) is 79.2 Å². The predicted molar refractivity (Wildman–Crippen MR) is 98.3 cm³/mol. The molecule has 2 unspecified atom stereocenters. The summed E-state index contributed by atoms with van der Waals surface area (Å²) in [7, 11) is -0.830. The van der Waals surface area contributed by atoms with Gasteiger partial charge in [-0.1, -0.05) is 45.2 Å². The fraction of sp³-hybridized carbons (Fsp3) is 0.944. The average molecular weight is 314 g/mol. The zero-order valence-electron chi connectivity index (χ0n) is 15.0. The lowest BCUT2D eigenvalue weighted by molar-refractivity contribution is 0.0805. The van der Waals surface area contributed by atoms with Crippen molar-refractivity contribution >= 4 is 13.0 Å². The third kappa shape index (κ3) is 5.89. The molecule has 21 heavy (non-hydrogen) atoms. The first kappa shape index (κ1) is 18.9. The van der Waals surface area contributed by atoms with E-state index in [9.17, 15) is 0 Å². The molecule has 0 amide bonds. The lowest BCUT2D eigenvalue weighted by atomic mass is 10.0. The van der Waals surface area contributed by atoms with Gasteiger partial charge in [-0.25, -0.2) is 0 Å². The molecule has 0 aromatic carbocycles. The third-order valence-electron chi connectivity index (χ3n) is 5.01. The number of hydrogen-bond acceptors (Lipinski definition) is 2. The van der Waals surface area contributed by atoms with Crippen molar-refractivity contribution in [3.63, 3.8) is 0 Å². The molecule has 2 nitrogen and oxygen atoms in total. The van der Waals surface area contributed by atoms with Crippen LogP contribution in [-0.2, 0) is 4.84 Å². The molecule has 0 radical (unpaired) electrons. The van der Waals surface area contributed by atoms with E-state index in [0.29, 0.717) is 12.0 Å². The van der Waals surface area contributed by atoms with Gasteiger partial charge >= 0.3 is 0 Å². The summed E-state index contributed by atoms with van der Waals surface area (Å²) in [6, 6.07) is 0. The Morgan fingerprint density at radius 3 is 1.76 bits per heavy atom. The molecule has 0 aliphatic carbocycles. The van der Waals surface area contributed by atoms with Gasteiger partial charge in [0.25, 0.3) is 0 Å². The van der Waals surface area contributed by atoms with Crippen LogP contribution in [0.3, 0.4) is 0 Å². The molecule has 1 rings (SSSR count). The van der Waals surface area contributed by atoms with Crippen molar-refractivity contribution in [1.29, 1.82) is 0 Å². The molecule has 0 fully saturated rings. The van der Waals surface area contributed by atoms with Gasteiger partial charge in [-0.05, 0) is 33.1 Å². The maximum atomic E-state index is 5.54. The first-order valence-electron chi connectivity index (χ1n) is 9.14. The first-order chi connectivity index (χ1) is 10.1. The third-order valence-corrected chi connectivity index (χ3v) is 9.97. The second-order valence-corrected chi connectivity index (χ2v) is 11.3. The fourth-order valence-electron chi connectivity index (χ4n) is 3.43. The van der Waals surface area contributed by atoms with E-state index in [1.165, 1.54) is 68.9 Å². The maximum absolute atomic E-state index is 5.54. The van der Waals surface area contributed by atoms with Crippen LogP contribution in [0.1, 0.15) is 73.1 Å². The van der Waals surface area contributed by atoms with Crippen molar-refractivity contribution in [3.8, 4) is 0 Å². The van der Waals surface area contributed by atoms with Gasteiger partial charge in [0.2, 0.25) is 0 Å². The molecule has 0 spiro atoms. The summed E-state index contributed by atoms with van der Waals surface area (Å²) in [6.07, 6.45) is 14.5. The van der Waals surface area contributed by atoms with Gasteiger partial charge < -0.3 is 4.84 Å².